The van der Waals surface area contributed by atoms with Crippen LogP contribution in [0.25, 0.3) is 0 Å². The normalized spacial score (nSPS) is 13.3. The average Bonchev–Trinajstić information content (AvgIpc) is 2.59. The molecule has 0 aliphatic carbocycles. The Morgan fingerprint density at radius 3 is 2.38 bits per heavy atom. The summed E-state index contributed by atoms with van der Waals surface area (Å²) in [6.45, 7) is 0.268. The number of hydrogen-bond acceptors (Lipinski definition) is 4. The molecule has 0 aliphatic heterocycles. The summed E-state index contributed by atoms with van der Waals surface area (Å²) in [4.78, 5) is 12.4. The minimum absolute atomic E-state index is 0.0143. The first-order valence-electron chi connectivity index (χ1n) is 7.43. The summed E-state index contributed by atoms with van der Waals surface area (Å²) < 4.78 is 10.7. The Morgan fingerprint density at radius 1 is 1.12 bits per heavy atom. The molecule has 2 aromatic rings. The number of rotatable bonds is 7. The number of halogens is 1. The van der Waals surface area contributed by atoms with Crippen molar-refractivity contribution >= 4 is 17.5 Å². The van der Waals surface area contributed by atoms with Crippen LogP contribution < -0.4 is 5.32 Å². The molecule has 0 saturated carbocycles. The number of methoxy groups -OCH3 is 2. The zero-order valence-corrected chi connectivity index (χ0v) is 14.3. The molecule has 0 aromatic heterocycles. The Hall–Kier alpha value is -2.08. The van der Waals surface area contributed by atoms with Crippen molar-refractivity contribution in [1.82, 2.24) is 5.32 Å². The molecule has 0 aliphatic rings. The Morgan fingerprint density at radius 2 is 1.79 bits per heavy atom. The van der Waals surface area contributed by atoms with Gasteiger partial charge in [0.2, 0.25) is 0 Å². The van der Waals surface area contributed by atoms with E-state index in [-0.39, 0.29) is 24.3 Å². The van der Waals surface area contributed by atoms with Crippen molar-refractivity contribution in [3.05, 3.63) is 64.7 Å². The molecule has 128 valence electrons. The van der Waals surface area contributed by atoms with E-state index in [1.807, 2.05) is 12.1 Å². The number of nitrogens with one attached hydrogen (secondary N) is 1. The monoisotopic (exact) mass is 349 g/mol. The molecule has 0 fully saturated rings. The Bertz CT molecular complexity index is 675. The van der Waals surface area contributed by atoms with Gasteiger partial charge in [-0.3, -0.25) is 4.79 Å². The third kappa shape index (κ3) is 4.47. The fraction of sp³-hybridized carbons (Fsp3) is 0.278. The van der Waals surface area contributed by atoms with Crippen molar-refractivity contribution in [2.75, 3.05) is 20.8 Å². The highest BCUT2D eigenvalue weighted by Crippen LogP contribution is 2.26. The van der Waals surface area contributed by atoms with Gasteiger partial charge in [0.1, 0.15) is 5.75 Å². The van der Waals surface area contributed by atoms with Crippen LogP contribution in [0.4, 0.5) is 0 Å². The van der Waals surface area contributed by atoms with Crippen molar-refractivity contribution in [1.29, 1.82) is 0 Å². The fourth-order valence-electron chi connectivity index (χ4n) is 2.39. The summed E-state index contributed by atoms with van der Waals surface area (Å²) >= 11 is 5.88. The maximum absolute atomic E-state index is 12.4. The molecule has 2 N–H and O–H groups in total. The van der Waals surface area contributed by atoms with E-state index in [0.29, 0.717) is 10.6 Å². The van der Waals surface area contributed by atoms with E-state index in [1.54, 1.807) is 37.4 Å². The Labute approximate surface area is 146 Å². The number of para-hydroxylation sites is 1. The minimum atomic E-state index is -0.895. The molecule has 0 radical (unpaired) electrons. The van der Waals surface area contributed by atoms with Crippen LogP contribution in [0.5, 0.6) is 5.75 Å². The minimum Gasteiger partial charge on any atom is -0.508 e. The predicted molar refractivity (Wildman–Crippen MR) is 92.1 cm³/mol. The standard InChI is InChI=1S/C18H20ClNO4/c1-23-16(12-7-9-13(19)10-8-12)11-20-18(22)17(24-2)14-5-3-4-6-15(14)21/h3-10,16-17,21H,11H2,1-2H3,(H,20,22). The Kier molecular flexibility index (Phi) is 6.61. The number of carbonyl (C=O) groups is 1. The highest BCUT2D eigenvalue weighted by Gasteiger charge is 2.23. The molecular formula is C18H20ClNO4. The van der Waals surface area contributed by atoms with Gasteiger partial charge in [-0.1, -0.05) is 41.9 Å². The first-order chi connectivity index (χ1) is 11.6. The number of aromatic hydroxyl groups is 1. The van der Waals surface area contributed by atoms with Crippen LogP contribution in [0.2, 0.25) is 5.02 Å². The fourth-order valence-corrected chi connectivity index (χ4v) is 2.51. The van der Waals surface area contributed by atoms with Crippen LogP contribution in [0.15, 0.2) is 48.5 Å². The number of hydrogen-bond donors (Lipinski definition) is 2. The van der Waals surface area contributed by atoms with Crippen LogP contribution in [0, 0.1) is 0 Å². The van der Waals surface area contributed by atoms with Crippen molar-refractivity contribution in [3.63, 3.8) is 0 Å². The molecule has 24 heavy (non-hydrogen) atoms. The quantitative estimate of drug-likeness (QED) is 0.805. The molecule has 0 bridgehead atoms. The van der Waals surface area contributed by atoms with E-state index in [0.717, 1.165) is 5.56 Å². The summed E-state index contributed by atoms with van der Waals surface area (Å²) in [5.74, 6) is -0.337. The Balaban J connectivity index is 2.04. The molecule has 2 rings (SSSR count). The van der Waals surface area contributed by atoms with E-state index in [2.05, 4.69) is 5.32 Å². The predicted octanol–water partition coefficient (Wildman–Crippen LogP) is 3.24. The molecule has 0 heterocycles. The highest BCUT2D eigenvalue weighted by atomic mass is 35.5. The summed E-state index contributed by atoms with van der Waals surface area (Å²) in [7, 11) is 2.99. The second-order valence-electron chi connectivity index (χ2n) is 5.20. The molecule has 6 heteroatoms. The number of phenolic OH excluding ortho intramolecular Hbond substituents is 1. The lowest BCUT2D eigenvalue weighted by atomic mass is 10.1. The number of amides is 1. The number of benzene rings is 2. The van der Waals surface area contributed by atoms with Gasteiger partial charge in [-0.2, -0.15) is 0 Å². The topological polar surface area (TPSA) is 67.8 Å². The van der Waals surface area contributed by atoms with Gasteiger partial charge in [0, 0.05) is 31.4 Å². The number of ether oxygens (including phenoxy) is 2. The first-order valence-corrected chi connectivity index (χ1v) is 7.81. The zero-order valence-electron chi connectivity index (χ0n) is 13.5. The summed E-state index contributed by atoms with van der Waals surface area (Å²) in [5.41, 5.74) is 1.32. The highest BCUT2D eigenvalue weighted by molar-refractivity contribution is 6.30. The SMILES string of the molecule is COC(CNC(=O)C(OC)c1ccccc1O)c1ccc(Cl)cc1. The van der Waals surface area contributed by atoms with Crippen LogP contribution in [0.1, 0.15) is 23.3 Å². The van der Waals surface area contributed by atoms with E-state index >= 15 is 0 Å². The molecule has 2 aromatic carbocycles. The second-order valence-corrected chi connectivity index (χ2v) is 5.63. The smallest absolute Gasteiger partial charge is 0.254 e. The van der Waals surface area contributed by atoms with Crippen molar-refractivity contribution in [2.24, 2.45) is 0 Å². The average molecular weight is 350 g/mol. The van der Waals surface area contributed by atoms with Crippen molar-refractivity contribution in [3.8, 4) is 5.75 Å². The van der Waals surface area contributed by atoms with E-state index < -0.39 is 6.10 Å². The van der Waals surface area contributed by atoms with Gasteiger partial charge in [-0.15, -0.1) is 0 Å². The summed E-state index contributed by atoms with van der Waals surface area (Å²) in [5, 5.41) is 13.3. The second kappa shape index (κ2) is 8.68. The van der Waals surface area contributed by atoms with Gasteiger partial charge in [0.25, 0.3) is 5.91 Å². The van der Waals surface area contributed by atoms with Gasteiger partial charge in [0.15, 0.2) is 6.10 Å². The van der Waals surface area contributed by atoms with Crippen LogP contribution in [-0.2, 0) is 14.3 Å². The molecule has 0 spiro atoms. The van der Waals surface area contributed by atoms with Crippen LogP contribution >= 0.6 is 11.6 Å². The van der Waals surface area contributed by atoms with Gasteiger partial charge in [0.05, 0.1) is 6.10 Å². The molecule has 0 saturated heterocycles. The zero-order chi connectivity index (χ0) is 17.5. The number of carbonyl (C=O) groups excluding carboxylic acids is 1. The first kappa shape index (κ1) is 18.3. The van der Waals surface area contributed by atoms with E-state index in [9.17, 15) is 9.90 Å². The van der Waals surface area contributed by atoms with Crippen LogP contribution in [0.3, 0.4) is 0 Å². The van der Waals surface area contributed by atoms with E-state index in [4.69, 9.17) is 21.1 Å². The van der Waals surface area contributed by atoms with Crippen molar-refractivity contribution in [2.45, 2.75) is 12.2 Å². The van der Waals surface area contributed by atoms with Crippen molar-refractivity contribution < 1.29 is 19.4 Å². The third-order valence-electron chi connectivity index (χ3n) is 3.68. The lowest BCUT2D eigenvalue weighted by molar-refractivity contribution is -0.132. The maximum atomic E-state index is 12.4. The maximum Gasteiger partial charge on any atom is 0.254 e. The van der Waals surface area contributed by atoms with Crippen LogP contribution in [-0.4, -0.2) is 31.8 Å². The molecule has 1 amide bonds. The molecular weight excluding hydrogens is 330 g/mol. The lowest BCUT2D eigenvalue weighted by Crippen LogP contribution is -2.34. The van der Waals surface area contributed by atoms with Gasteiger partial charge in [-0.05, 0) is 23.8 Å². The molecule has 5 nitrogen and oxygen atoms in total. The summed E-state index contributed by atoms with van der Waals surface area (Å²) in [6, 6.07) is 13.8. The largest absolute Gasteiger partial charge is 0.508 e. The van der Waals surface area contributed by atoms with E-state index in [1.165, 1.54) is 13.2 Å². The van der Waals surface area contributed by atoms with Gasteiger partial charge >= 0.3 is 0 Å². The molecule has 2 atom stereocenters. The third-order valence-corrected chi connectivity index (χ3v) is 3.93. The lowest BCUT2D eigenvalue weighted by Gasteiger charge is -2.20. The summed E-state index contributed by atoms with van der Waals surface area (Å²) in [6.07, 6.45) is -1.21. The number of phenols is 1. The van der Waals surface area contributed by atoms with Gasteiger partial charge < -0.3 is 19.9 Å². The molecule has 2 unspecified atom stereocenters. The van der Waals surface area contributed by atoms with Gasteiger partial charge in [-0.25, -0.2) is 0 Å².